The molecule has 3 aliphatic rings. The summed E-state index contributed by atoms with van der Waals surface area (Å²) in [5.41, 5.74) is 4.49. The number of benzene rings is 2. The summed E-state index contributed by atoms with van der Waals surface area (Å²) in [5, 5.41) is 15.5. The summed E-state index contributed by atoms with van der Waals surface area (Å²) in [6.45, 7) is 2.08. The molecule has 32 heavy (non-hydrogen) atoms. The van der Waals surface area contributed by atoms with Crippen LogP contribution in [0.2, 0.25) is 0 Å². The third kappa shape index (κ3) is 3.99. The molecule has 0 bridgehead atoms. The fourth-order valence-corrected chi connectivity index (χ4v) is 4.68. The second-order valence-electron chi connectivity index (χ2n) is 8.46. The average Bonchev–Trinajstić information content (AvgIpc) is 3.38. The van der Waals surface area contributed by atoms with Gasteiger partial charge in [-0.1, -0.05) is 12.1 Å². The Kier molecular flexibility index (Phi) is 5.41. The number of anilines is 2. The minimum absolute atomic E-state index is 0.000388. The zero-order valence-corrected chi connectivity index (χ0v) is 17.6. The Morgan fingerprint density at radius 2 is 2.12 bits per heavy atom. The number of amides is 2. The summed E-state index contributed by atoms with van der Waals surface area (Å²) in [7, 11) is 0. The van der Waals surface area contributed by atoms with Crippen LogP contribution < -0.4 is 20.3 Å². The van der Waals surface area contributed by atoms with Crippen molar-refractivity contribution in [2.24, 2.45) is 5.92 Å². The molecule has 8 nitrogen and oxygen atoms in total. The van der Waals surface area contributed by atoms with Gasteiger partial charge in [0.2, 0.25) is 0 Å². The van der Waals surface area contributed by atoms with E-state index in [1.54, 1.807) is 23.1 Å². The quantitative estimate of drug-likeness (QED) is 0.680. The predicted octanol–water partition coefficient (Wildman–Crippen LogP) is 2.61. The van der Waals surface area contributed by atoms with Gasteiger partial charge in [0.15, 0.2) is 6.61 Å². The number of fused-ring (bicyclic) bond motifs is 2. The summed E-state index contributed by atoms with van der Waals surface area (Å²) >= 11 is 0. The smallest absolute Gasteiger partial charge is 0.414 e. The first kappa shape index (κ1) is 20.3. The number of cyclic esters (lactones) is 1. The van der Waals surface area contributed by atoms with Crippen LogP contribution in [0.15, 0.2) is 36.4 Å². The number of hydrogen-bond donors (Lipinski definition) is 2. The van der Waals surface area contributed by atoms with Crippen LogP contribution in [0.3, 0.4) is 0 Å². The van der Waals surface area contributed by atoms with E-state index in [0.717, 1.165) is 37.9 Å². The van der Waals surface area contributed by atoms with E-state index in [9.17, 15) is 14.9 Å². The number of nitriles is 1. The van der Waals surface area contributed by atoms with Crippen molar-refractivity contribution < 1.29 is 19.1 Å². The van der Waals surface area contributed by atoms with Crippen molar-refractivity contribution in [2.45, 2.75) is 25.4 Å². The molecule has 1 fully saturated rings. The lowest BCUT2D eigenvalue weighted by Gasteiger charge is -2.20. The summed E-state index contributed by atoms with van der Waals surface area (Å²) in [4.78, 5) is 25.5. The molecule has 164 valence electrons. The minimum atomic E-state index is -0.381. The first-order valence-corrected chi connectivity index (χ1v) is 10.9. The van der Waals surface area contributed by atoms with Gasteiger partial charge in [-0.15, -0.1) is 0 Å². The third-order valence-corrected chi connectivity index (χ3v) is 6.25. The zero-order valence-electron chi connectivity index (χ0n) is 17.6. The van der Waals surface area contributed by atoms with Gasteiger partial charge < -0.3 is 20.1 Å². The van der Waals surface area contributed by atoms with Crippen molar-refractivity contribution in [2.75, 3.05) is 36.5 Å². The lowest BCUT2D eigenvalue weighted by atomic mass is 10.0. The molecule has 0 aromatic heterocycles. The molecule has 2 amide bonds. The van der Waals surface area contributed by atoms with Gasteiger partial charge in [-0.05, 0) is 73.7 Å². The highest BCUT2D eigenvalue weighted by Gasteiger charge is 2.33. The summed E-state index contributed by atoms with van der Waals surface area (Å²) in [6, 6.07) is 13.5. The standard InChI is InChI=1S/C24H24N4O4/c25-11-17-3-1-2-16-8-15(9-20(16)17)12-26-7-6-19-13-28(24(30)32-19)18-4-5-22-21(10-18)27-23(29)14-31-22/h1-5,10,15,19,26H,6-9,12-14H2,(H,27,29). The van der Waals surface area contributed by atoms with E-state index >= 15 is 0 Å². The molecular formula is C24H24N4O4. The van der Waals surface area contributed by atoms with Crippen LogP contribution in [0.4, 0.5) is 16.2 Å². The first-order valence-electron chi connectivity index (χ1n) is 10.9. The SMILES string of the molecule is N#Cc1cccc2c1CC(CNCCC1CN(c3ccc4c(c3)NC(=O)CO4)C(=O)O1)C2. The summed E-state index contributed by atoms with van der Waals surface area (Å²) in [5.74, 6) is 0.865. The molecule has 1 aliphatic carbocycles. The maximum atomic E-state index is 12.4. The zero-order chi connectivity index (χ0) is 22.1. The Hall–Kier alpha value is -3.57. The van der Waals surface area contributed by atoms with E-state index in [-0.39, 0.29) is 24.7 Å². The van der Waals surface area contributed by atoms with Crippen molar-refractivity contribution in [3.05, 3.63) is 53.1 Å². The van der Waals surface area contributed by atoms with Crippen LogP contribution in [0.5, 0.6) is 5.75 Å². The summed E-state index contributed by atoms with van der Waals surface area (Å²) in [6.07, 6.45) is 2.06. The number of rotatable bonds is 6. The second kappa shape index (κ2) is 8.52. The Morgan fingerprint density at radius 1 is 1.22 bits per heavy atom. The third-order valence-electron chi connectivity index (χ3n) is 6.25. The van der Waals surface area contributed by atoms with Crippen LogP contribution >= 0.6 is 0 Å². The molecule has 5 rings (SSSR count). The topological polar surface area (TPSA) is 104 Å². The molecule has 2 aromatic rings. The van der Waals surface area contributed by atoms with Crippen molar-refractivity contribution in [1.82, 2.24) is 5.32 Å². The maximum Gasteiger partial charge on any atom is 0.414 e. The highest BCUT2D eigenvalue weighted by Crippen LogP contribution is 2.34. The number of nitrogens with one attached hydrogen (secondary N) is 2. The lowest BCUT2D eigenvalue weighted by molar-refractivity contribution is -0.118. The predicted molar refractivity (Wildman–Crippen MR) is 118 cm³/mol. The van der Waals surface area contributed by atoms with Gasteiger partial charge in [-0.25, -0.2) is 4.79 Å². The van der Waals surface area contributed by atoms with E-state index in [4.69, 9.17) is 9.47 Å². The molecule has 2 N–H and O–H groups in total. The first-order chi connectivity index (χ1) is 15.6. The Balaban J connectivity index is 1.10. The van der Waals surface area contributed by atoms with E-state index in [1.165, 1.54) is 11.1 Å². The molecule has 2 atom stereocenters. The maximum absolute atomic E-state index is 12.4. The van der Waals surface area contributed by atoms with Gasteiger partial charge in [0.1, 0.15) is 11.9 Å². The molecule has 2 unspecified atom stereocenters. The molecule has 0 saturated carbocycles. The van der Waals surface area contributed by atoms with E-state index in [1.807, 2.05) is 12.1 Å². The van der Waals surface area contributed by atoms with Gasteiger partial charge in [-0.3, -0.25) is 9.69 Å². The van der Waals surface area contributed by atoms with E-state index in [2.05, 4.69) is 22.8 Å². The second-order valence-corrected chi connectivity index (χ2v) is 8.46. The lowest BCUT2D eigenvalue weighted by Crippen LogP contribution is -2.29. The van der Waals surface area contributed by atoms with Crippen molar-refractivity contribution in [3.63, 3.8) is 0 Å². The van der Waals surface area contributed by atoms with Crippen LogP contribution in [-0.2, 0) is 22.4 Å². The largest absolute Gasteiger partial charge is 0.482 e. The molecule has 0 spiro atoms. The van der Waals surface area contributed by atoms with Crippen molar-refractivity contribution in [3.8, 4) is 11.8 Å². The van der Waals surface area contributed by atoms with Crippen LogP contribution in [0.25, 0.3) is 0 Å². The van der Waals surface area contributed by atoms with Crippen molar-refractivity contribution >= 4 is 23.4 Å². The molecule has 2 aliphatic heterocycles. The van der Waals surface area contributed by atoms with Crippen molar-refractivity contribution in [1.29, 1.82) is 5.26 Å². The van der Waals surface area contributed by atoms with Gasteiger partial charge >= 0.3 is 6.09 Å². The molecule has 0 radical (unpaired) electrons. The molecular weight excluding hydrogens is 408 g/mol. The monoisotopic (exact) mass is 432 g/mol. The van der Waals surface area contributed by atoms with E-state index in [0.29, 0.717) is 29.6 Å². The molecule has 2 heterocycles. The average molecular weight is 432 g/mol. The van der Waals surface area contributed by atoms with Crippen LogP contribution in [0.1, 0.15) is 23.1 Å². The van der Waals surface area contributed by atoms with Gasteiger partial charge in [0.05, 0.1) is 23.9 Å². The van der Waals surface area contributed by atoms with Crippen LogP contribution in [-0.4, -0.2) is 44.3 Å². The number of carbonyl (C=O) groups is 2. The minimum Gasteiger partial charge on any atom is -0.482 e. The van der Waals surface area contributed by atoms with E-state index < -0.39 is 0 Å². The Labute approximate surface area is 186 Å². The number of hydrogen-bond acceptors (Lipinski definition) is 6. The van der Waals surface area contributed by atoms with Gasteiger partial charge in [0, 0.05) is 5.69 Å². The molecule has 1 saturated heterocycles. The Bertz CT molecular complexity index is 1110. The fourth-order valence-electron chi connectivity index (χ4n) is 4.68. The normalized spacial score (nSPS) is 21.3. The number of nitrogens with zero attached hydrogens (tertiary/aromatic N) is 2. The Morgan fingerprint density at radius 3 is 3.00 bits per heavy atom. The van der Waals surface area contributed by atoms with Gasteiger partial charge in [-0.2, -0.15) is 5.26 Å². The molecule has 2 aromatic carbocycles. The highest BCUT2D eigenvalue weighted by molar-refractivity contribution is 5.97. The number of ether oxygens (including phenoxy) is 2. The summed E-state index contributed by atoms with van der Waals surface area (Å²) < 4.78 is 10.9. The number of carbonyl (C=O) groups excluding carboxylic acids is 2. The van der Waals surface area contributed by atoms with Crippen LogP contribution in [0, 0.1) is 17.2 Å². The van der Waals surface area contributed by atoms with Gasteiger partial charge in [0.25, 0.3) is 5.91 Å². The fraction of sp³-hybridized carbons (Fsp3) is 0.375. The molecule has 8 heteroatoms. The highest BCUT2D eigenvalue weighted by atomic mass is 16.6.